The second kappa shape index (κ2) is 7.69. The molecule has 0 aliphatic carbocycles. The molecule has 2 aromatic rings. The van der Waals surface area contributed by atoms with Gasteiger partial charge >= 0.3 is 0 Å². The van der Waals surface area contributed by atoms with E-state index in [4.69, 9.17) is 0 Å². The van der Waals surface area contributed by atoms with E-state index in [1.807, 2.05) is 16.8 Å². The molecule has 1 aliphatic heterocycles. The zero-order valence-electron chi connectivity index (χ0n) is 14.5. The predicted octanol–water partition coefficient (Wildman–Crippen LogP) is 1.63. The predicted molar refractivity (Wildman–Crippen MR) is 97.6 cm³/mol. The van der Waals surface area contributed by atoms with Crippen LogP contribution in [-0.4, -0.2) is 53.3 Å². The minimum absolute atomic E-state index is 0.250. The molecule has 1 aromatic heterocycles. The molecule has 0 unspecified atom stereocenters. The summed E-state index contributed by atoms with van der Waals surface area (Å²) in [5, 5.41) is 14.4. The van der Waals surface area contributed by atoms with E-state index >= 15 is 0 Å². The molecule has 1 aliphatic rings. The Kier molecular flexibility index (Phi) is 5.55. The van der Waals surface area contributed by atoms with Gasteiger partial charge in [0, 0.05) is 25.9 Å². The Morgan fingerprint density at radius 3 is 2.73 bits per heavy atom. The van der Waals surface area contributed by atoms with Crippen molar-refractivity contribution in [3.8, 4) is 0 Å². The second-order valence-corrected chi connectivity index (χ2v) is 8.77. The van der Waals surface area contributed by atoms with Gasteiger partial charge in [-0.2, -0.15) is 5.10 Å². The van der Waals surface area contributed by atoms with Crippen molar-refractivity contribution in [1.29, 1.82) is 0 Å². The number of hydrogen-bond donors (Lipinski definition) is 1. The maximum Gasteiger partial charge on any atom is 0.150 e. The third-order valence-corrected chi connectivity index (χ3v) is 5.16. The fourth-order valence-electron chi connectivity index (χ4n) is 2.95. The van der Waals surface area contributed by atoms with Crippen molar-refractivity contribution in [2.24, 2.45) is 0 Å². The van der Waals surface area contributed by atoms with Gasteiger partial charge in [-0.15, -0.1) is 0 Å². The van der Waals surface area contributed by atoms with Crippen molar-refractivity contribution in [3.63, 3.8) is 0 Å². The summed E-state index contributed by atoms with van der Waals surface area (Å²) in [4.78, 5) is 2.23. The molecule has 3 rings (SSSR count). The Bertz CT molecular complexity index is 891. The molecule has 0 amide bonds. The topological polar surface area (TPSA) is 75.4 Å². The third kappa shape index (κ3) is 5.00. The number of aliphatic hydroxyl groups excluding tert-OH is 1. The van der Waals surface area contributed by atoms with Crippen LogP contribution in [0.2, 0.25) is 0 Å². The van der Waals surface area contributed by atoms with Gasteiger partial charge in [0.25, 0.3) is 0 Å². The zero-order chi connectivity index (χ0) is 18.7. The smallest absolute Gasteiger partial charge is 0.150 e. The minimum atomic E-state index is -3.27. The van der Waals surface area contributed by atoms with E-state index in [1.54, 1.807) is 18.2 Å². The average molecular weight is 379 g/mol. The Balaban J connectivity index is 1.60. The van der Waals surface area contributed by atoms with Crippen molar-refractivity contribution < 1.29 is 17.9 Å². The molecule has 0 fully saturated rings. The highest BCUT2D eigenvalue weighted by atomic mass is 32.2. The minimum Gasteiger partial charge on any atom is -0.386 e. The number of fused-ring (bicyclic) bond motifs is 1. The maximum atomic E-state index is 12.9. The molecule has 6 nitrogen and oxygen atoms in total. The molecule has 0 saturated carbocycles. The van der Waals surface area contributed by atoms with Crippen LogP contribution >= 0.6 is 0 Å². The first-order valence-electron chi connectivity index (χ1n) is 8.37. The Labute approximate surface area is 152 Å². The quantitative estimate of drug-likeness (QED) is 0.826. The van der Waals surface area contributed by atoms with Crippen LogP contribution in [0.4, 0.5) is 4.39 Å². The van der Waals surface area contributed by atoms with E-state index in [2.05, 4.69) is 10.00 Å². The summed E-state index contributed by atoms with van der Waals surface area (Å²) < 4.78 is 37.4. The fraction of sp³-hybridized carbons (Fsp3) is 0.389. The van der Waals surface area contributed by atoms with Crippen molar-refractivity contribution in [3.05, 3.63) is 59.2 Å². The normalized spacial score (nSPS) is 16.7. The molecule has 0 saturated heterocycles. The summed E-state index contributed by atoms with van der Waals surface area (Å²) in [5.74, 6) is -0.576. The molecule has 1 N–H and O–H groups in total. The van der Waals surface area contributed by atoms with Crippen molar-refractivity contribution in [1.82, 2.24) is 14.7 Å². The Morgan fingerprint density at radius 1 is 1.31 bits per heavy atom. The standard InChI is InChI=1S/C18H22FN3O3S/c1-26(24,25)13-18(23)17-11-16-12-21(9-10-22(16)20-17)8-2-3-14-4-6-15(19)7-5-14/h2-7,11,18,23H,8-10,12-13H2,1H3/b3-2+/t18-/m1/s1. The fourth-order valence-corrected chi connectivity index (χ4v) is 3.69. The summed E-state index contributed by atoms with van der Waals surface area (Å²) >= 11 is 0. The van der Waals surface area contributed by atoms with Gasteiger partial charge in [-0.3, -0.25) is 9.58 Å². The van der Waals surface area contributed by atoms with Crippen LogP contribution < -0.4 is 0 Å². The number of sulfone groups is 1. The summed E-state index contributed by atoms with van der Waals surface area (Å²) in [6, 6.07) is 8.09. The molecule has 8 heteroatoms. The molecule has 1 aromatic carbocycles. The van der Waals surface area contributed by atoms with Gasteiger partial charge < -0.3 is 5.11 Å². The lowest BCUT2D eigenvalue weighted by atomic mass is 10.2. The number of halogens is 1. The van der Waals surface area contributed by atoms with Crippen LogP contribution in [0.1, 0.15) is 23.1 Å². The van der Waals surface area contributed by atoms with Gasteiger partial charge in [0.15, 0.2) is 0 Å². The van der Waals surface area contributed by atoms with Gasteiger partial charge in [-0.1, -0.05) is 24.3 Å². The largest absolute Gasteiger partial charge is 0.386 e. The van der Waals surface area contributed by atoms with Crippen molar-refractivity contribution in [2.45, 2.75) is 19.2 Å². The van der Waals surface area contributed by atoms with E-state index in [1.165, 1.54) is 12.1 Å². The molecule has 140 valence electrons. The van der Waals surface area contributed by atoms with Crippen LogP contribution in [0.5, 0.6) is 0 Å². The molecular weight excluding hydrogens is 357 g/mol. The van der Waals surface area contributed by atoms with Gasteiger partial charge in [-0.05, 0) is 23.8 Å². The lowest BCUT2D eigenvalue weighted by Crippen LogP contribution is -2.33. The van der Waals surface area contributed by atoms with Crippen molar-refractivity contribution >= 4 is 15.9 Å². The average Bonchev–Trinajstić information content (AvgIpc) is 2.99. The van der Waals surface area contributed by atoms with E-state index in [-0.39, 0.29) is 11.6 Å². The highest BCUT2D eigenvalue weighted by molar-refractivity contribution is 7.90. The van der Waals surface area contributed by atoms with Crippen LogP contribution in [0.15, 0.2) is 36.4 Å². The number of rotatable bonds is 6. The van der Waals surface area contributed by atoms with Gasteiger partial charge in [0.1, 0.15) is 21.8 Å². The lowest BCUT2D eigenvalue weighted by Gasteiger charge is -2.26. The van der Waals surface area contributed by atoms with Gasteiger partial charge in [-0.25, -0.2) is 12.8 Å². The van der Waals surface area contributed by atoms with Gasteiger partial charge in [0.2, 0.25) is 0 Å². The SMILES string of the molecule is CS(=O)(=O)C[C@@H](O)c1cc2n(n1)CCN(C/C=C/c1ccc(F)cc1)C2. The summed E-state index contributed by atoms with van der Waals surface area (Å²) in [7, 11) is -3.27. The Hall–Kier alpha value is -2.03. The molecule has 2 heterocycles. The summed E-state index contributed by atoms with van der Waals surface area (Å²) in [5.41, 5.74) is 2.29. The number of aliphatic hydroxyl groups is 1. The van der Waals surface area contributed by atoms with E-state index in [0.29, 0.717) is 18.8 Å². The zero-order valence-corrected chi connectivity index (χ0v) is 15.4. The van der Waals surface area contributed by atoms with E-state index in [9.17, 15) is 17.9 Å². The third-order valence-electron chi connectivity index (χ3n) is 4.24. The highest BCUT2D eigenvalue weighted by Gasteiger charge is 2.22. The van der Waals surface area contributed by atoms with E-state index < -0.39 is 15.9 Å². The van der Waals surface area contributed by atoms with Gasteiger partial charge in [0.05, 0.1) is 23.7 Å². The molecule has 0 radical (unpaired) electrons. The molecule has 26 heavy (non-hydrogen) atoms. The monoisotopic (exact) mass is 379 g/mol. The second-order valence-electron chi connectivity index (χ2n) is 6.58. The number of nitrogens with zero attached hydrogens (tertiary/aromatic N) is 3. The molecule has 1 atom stereocenters. The summed E-state index contributed by atoms with van der Waals surface area (Å²) in [6.07, 6.45) is 3.97. The van der Waals surface area contributed by atoms with Crippen LogP contribution in [0.25, 0.3) is 6.08 Å². The molecule has 0 spiro atoms. The first-order chi connectivity index (χ1) is 12.3. The van der Waals surface area contributed by atoms with Crippen LogP contribution in [0.3, 0.4) is 0 Å². The van der Waals surface area contributed by atoms with Crippen LogP contribution in [-0.2, 0) is 22.9 Å². The number of benzene rings is 1. The maximum absolute atomic E-state index is 12.9. The Morgan fingerprint density at radius 2 is 2.04 bits per heavy atom. The van der Waals surface area contributed by atoms with E-state index in [0.717, 1.165) is 30.6 Å². The first kappa shape index (κ1) is 18.8. The lowest BCUT2D eigenvalue weighted by molar-refractivity contribution is 0.194. The van der Waals surface area contributed by atoms with Crippen LogP contribution in [0, 0.1) is 5.82 Å². The highest BCUT2D eigenvalue weighted by Crippen LogP contribution is 2.19. The molecular formula is C18H22FN3O3S. The van der Waals surface area contributed by atoms with Crippen molar-refractivity contribution in [2.75, 3.05) is 25.1 Å². The number of hydrogen-bond acceptors (Lipinski definition) is 5. The number of aromatic nitrogens is 2. The summed E-state index contributed by atoms with van der Waals surface area (Å²) in [6.45, 7) is 2.91. The first-order valence-corrected chi connectivity index (χ1v) is 10.4. The molecule has 0 bridgehead atoms.